The van der Waals surface area contributed by atoms with Crippen molar-refractivity contribution in [2.45, 2.75) is 34.6 Å². The van der Waals surface area contributed by atoms with Gasteiger partial charge in [-0.15, -0.1) is 0 Å². The Morgan fingerprint density at radius 1 is 1.08 bits per heavy atom. The van der Waals surface area contributed by atoms with Crippen LogP contribution < -0.4 is 10.1 Å². The Morgan fingerprint density at radius 2 is 1.92 bits per heavy atom. The highest BCUT2D eigenvalue weighted by molar-refractivity contribution is 7.22. The third-order valence-corrected chi connectivity index (χ3v) is 7.21. The van der Waals surface area contributed by atoms with Crippen LogP contribution in [0.4, 0.5) is 5.13 Å². The van der Waals surface area contributed by atoms with Crippen molar-refractivity contribution in [1.82, 2.24) is 4.98 Å². The lowest BCUT2D eigenvalue weighted by Gasteiger charge is -2.12. The Hall–Kier alpha value is -3.90. The molecule has 0 saturated carbocycles. The number of carbonyl (C=O) groups is 1. The molecule has 5 nitrogen and oxygen atoms in total. The van der Waals surface area contributed by atoms with Crippen molar-refractivity contribution in [3.05, 3.63) is 83.1 Å². The van der Waals surface area contributed by atoms with Crippen LogP contribution in [0, 0.1) is 20.8 Å². The molecule has 0 saturated heterocycles. The number of aryl methyl sites for hydroxylation is 3. The van der Waals surface area contributed by atoms with E-state index in [1.54, 1.807) is 12.3 Å². The number of nitrogens with one attached hydrogen (secondary N) is 1. The van der Waals surface area contributed by atoms with Crippen LogP contribution >= 0.6 is 11.3 Å². The summed E-state index contributed by atoms with van der Waals surface area (Å²) < 4.78 is 12.9. The molecule has 0 aliphatic heterocycles. The normalized spacial score (nSPS) is 11.9. The number of furan rings is 1. The summed E-state index contributed by atoms with van der Waals surface area (Å²) in [5, 5.41) is 4.49. The second kappa shape index (κ2) is 9.63. The third kappa shape index (κ3) is 4.52. The Balaban J connectivity index is 1.51. The molecule has 1 N–H and O–H groups in total. The van der Waals surface area contributed by atoms with Gasteiger partial charge in [-0.3, -0.25) is 10.1 Å². The topological polar surface area (TPSA) is 64.4 Å². The number of anilines is 1. The SMILES string of the molecule is CCOc1cc2occ(-c3ccc(C)cc3C)c2cc1/C(C)=C/C(=O)Nc1nc2c(C)cccc2s1. The number of para-hydroxylation sites is 1. The maximum absolute atomic E-state index is 12.9. The Bertz CT molecular complexity index is 1640. The first-order valence-corrected chi connectivity index (χ1v) is 12.8. The third-order valence-electron chi connectivity index (χ3n) is 6.27. The summed E-state index contributed by atoms with van der Waals surface area (Å²) in [4.78, 5) is 17.5. The van der Waals surface area contributed by atoms with Gasteiger partial charge in [-0.2, -0.15) is 0 Å². The smallest absolute Gasteiger partial charge is 0.250 e. The van der Waals surface area contributed by atoms with Gasteiger partial charge in [0.2, 0.25) is 5.91 Å². The summed E-state index contributed by atoms with van der Waals surface area (Å²) in [6.07, 6.45) is 3.39. The van der Waals surface area contributed by atoms with Gasteiger partial charge < -0.3 is 9.15 Å². The van der Waals surface area contributed by atoms with Gasteiger partial charge in [-0.05, 0) is 69.0 Å². The molecule has 2 heterocycles. The van der Waals surface area contributed by atoms with Crippen LogP contribution in [-0.4, -0.2) is 17.5 Å². The molecule has 0 fully saturated rings. The Kier molecular flexibility index (Phi) is 6.37. The molecule has 0 unspecified atom stereocenters. The number of rotatable bonds is 6. The zero-order chi connectivity index (χ0) is 25.4. The van der Waals surface area contributed by atoms with E-state index in [-0.39, 0.29) is 5.91 Å². The minimum Gasteiger partial charge on any atom is -0.493 e. The zero-order valence-corrected chi connectivity index (χ0v) is 21.9. The van der Waals surface area contributed by atoms with E-state index in [2.05, 4.69) is 48.4 Å². The highest BCUT2D eigenvalue weighted by Crippen LogP contribution is 2.38. The predicted octanol–water partition coefficient (Wildman–Crippen LogP) is 8.08. The number of nitrogens with zero attached hydrogens (tertiary/aromatic N) is 1. The summed E-state index contributed by atoms with van der Waals surface area (Å²) >= 11 is 1.47. The lowest BCUT2D eigenvalue weighted by Crippen LogP contribution is -2.08. The Morgan fingerprint density at radius 3 is 2.67 bits per heavy atom. The second-order valence-electron chi connectivity index (χ2n) is 9.00. The lowest BCUT2D eigenvalue weighted by atomic mass is 9.96. The molecule has 0 spiro atoms. The molecule has 2 aromatic heterocycles. The molecule has 0 aliphatic carbocycles. The van der Waals surface area contributed by atoms with Gasteiger partial charge in [0.1, 0.15) is 11.3 Å². The molecule has 0 bridgehead atoms. The summed E-state index contributed by atoms with van der Waals surface area (Å²) in [6, 6.07) is 16.4. The van der Waals surface area contributed by atoms with Crippen molar-refractivity contribution in [2.75, 3.05) is 11.9 Å². The molecule has 5 aromatic rings. The van der Waals surface area contributed by atoms with E-state index in [1.807, 2.05) is 45.0 Å². The molecular formula is C30H28N2O3S. The van der Waals surface area contributed by atoms with Gasteiger partial charge in [-0.1, -0.05) is 47.2 Å². The number of carbonyl (C=O) groups excluding carboxylic acids is 1. The number of hydrogen-bond acceptors (Lipinski definition) is 5. The first kappa shape index (κ1) is 23.8. The van der Waals surface area contributed by atoms with Gasteiger partial charge >= 0.3 is 0 Å². The zero-order valence-electron chi connectivity index (χ0n) is 21.1. The van der Waals surface area contributed by atoms with Gasteiger partial charge in [0.05, 0.1) is 23.1 Å². The molecule has 5 rings (SSSR count). The van der Waals surface area contributed by atoms with Crippen LogP contribution in [0.3, 0.4) is 0 Å². The van der Waals surface area contributed by atoms with Gasteiger partial charge in [0.25, 0.3) is 0 Å². The van der Waals surface area contributed by atoms with Crippen molar-refractivity contribution in [3.63, 3.8) is 0 Å². The number of hydrogen-bond donors (Lipinski definition) is 1. The fraction of sp³-hybridized carbons (Fsp3) is 0.200. The molecule has 1 amide bonds. The summed E-state index contributed by atoms with van der Waals surface area (Å²) in [5.74, 6) is 0.456. The number of aromatic nitrogens is 1. The highest BCUT2D eigenvalue weighted by atomic mass is 32.1. The molecule has 0 radical (unpaired) electrons. The molecule has 182 valence electrons. The van der Waals surface area contributed by atoms with E-state index in [9.17, 15) is 4.79 Å². The van der Waals surface area contributed by atoms with Crippen LogP contribution in [0.25, 0.3) is 37.9 Å². The maximum Gasteiger partial charge on any atom is 0.250 e. The van der Waals surface area contributed by atoms with Crippen molar-refractivity contribution in [3.8, 4) is 16.9 Å². The van der Waals surface area contributed by atoms with Crippen LogP contribution in [0.5, 0.6) is 5.75 Å². The largest absolute Gasteiger partial charge is 0.493 e. The number of thiazole rings is 1. The van der Waals surface area contributed by atoms with Crippen LogP contribution in [0.1, 0.15) is 36.1 Å². The molecule has 0 aliphatic rings. The first-order valence-electron chi connectivity index (χ1n) is 12.0. The van der Waals surface area contributed by atoms with E-state index in [0.29, 0.717) is 17.5 Å². The monoisotopic (exact) mass is 496 g/mol. The summed E-state index contributed by atoms with van der Waals surface area (Å²) in [7, 11) is 0. The number of allylic oxidation sites excluding steroid dienone is 1. The maximum atomic E-state index is 12.9. The van der Waals surface area contributed by atoms with Crippen molar-refractivity contribution in [1.29, 1.82) is 0 Å². The number of benzene rings is 3. The number of amides is 1. The lowest BCUT2D eigenvalue weighted by molar-refractivity contribution is -0.111. The first-order chi connectivity index (χ1) is 17.3. The van der Waals surface area contributed by atoms with Crippen molar-refractivity contribution >= 4 is 49.1 Å². The van der Waals surface area contributed by atoms with Crippen LogP contribution in [0.2, 0.25) is 0 Å². The van der Waals surface area contributed by atoms with E-state index >= 15 is 0 Å². The van der Waals surface area contributed by atoms with E-state index < -0.39 is 0 Å². The van der Waals surface area contributed by atoms with Crippen molar-refractivity contribution in [2.24, 2.45) is 0 Å². The van der Waals surface area contributed by atoms with E-state index in [0.717, 1.165) is 49.0 Å². The second-order valence-corrected chi connectivity index (χ2v) is 10.0. The van der Waals surface area contributed by atoms with Gasteiger partial charge in [-0.25, -0.2) is 4.98 Å². The minimum absolute atomic E-state index is 0.228. The quantitative estimate of drug-likeness (QED) is 0.241. The minimum atomic E-state index is -0.228. The molecule has 6 heteroatoms. The fourth-order valence-electron chi connectivity index (χ4n) is 4.52. The number of fused-ring (bicyclic) bond motifs is 2. The average Bonchev–Trinajstić information content (AvgIpc) is 3.43. The van der Waals surface area contributed by atoms with Crippen LogP contribution in [-0.2, 0) is 4.79 Å². The van der Waals surface area contributed by atoms with Gasteiger partial charge in [0.15, 0.2) is 5.13 Å². The molecule has 36 heavy (non-hydrogen) atoms. The summed E-state index contributed by atoms with van der Waals surface area (Å²) in [6.45, 7) is 10.6. The average molecular weight is 497 g/mol. The number of ether oxygens (including phenoxy) is 1. The van der Waals surface area contributed by atoms with Crippen LogP contribution in [0.15, 0.2) is 65.3 Å². The standard InChI is InChI=1S/C30H28N2O3S/c1-6-34-25-15-26-23(24(16-35-26)21-11-10-17(2)12-19(21)4)14-22(25)20(5)13-28(33)31-30-32-29-18(3)8-7-9-27(29)36-30/h7-16H,6H2,1-5H3,(H,31,32,33)/b20-13+. The van der Waals surface area contributed by atoms with Gasteiger partial charge in [0, 0.05) is 28.7 Å². The fourth-order valence-corrected chi connectivity index (χ4v) is 5.46. The van der Waals surface area contributed by atoms with E-state index in [1.165, 1.54) is 22.5 Å². The van der Waals surface area contributed by atoms with E-state index in [4.69, 9.17) is 9.15 Å². The Labute approximate surface area is 214 Å². The molecular weight excluding hydrogens is 468 g/mol. The van der Waals surface area contributed by atoms with Crippen molar-refractivity contribution < 1.29 is 13.9 Å². The molecule has 3 aromatic carbocycles. The predicted molar refractivity (Wildman–Crippen MR) is 149 cm³/mol. The molecule has 0 atom stereocenters. The summed E-state index contributed by atoms with van der Waals surface area (Å²) in [5.41, 5.74) is 8.96. The highest BCUT2D eigenvalue weighted by Gasteiger charge is 2.17.